The first-order valence-electron chi connectivity index (χ1n) is 13.2. The van der Waals surface area contributed by atoms with Crippen LogP contribution in [-0.4, -0.2) is 79.8 Å². The summed E-state index contributed by atoms with van der Waals surface area (Å²) in [6, 6.07) is 12.4. The van der Waals surface area contributed by atoms with Crippen LogP contribution in [0, 0.1) is 0 Å². The molecule has 2 atom stereocenters. The summed E-state index contributed by atoms with van der Waals surface area (Å²) >= 11 is 0. The third-order valence-corrected chi connectivity index (χ3v) is 8.62. The smallest absolute Gasteiger partial charge is 0.326 e. The van der Waals surface area contributed by atoms with Gasteiger partial charge in [-0.3, -0.25) is 14.6 Å². The van der Waals surface area contributed by atoms with Gasteiger partial charge in [0.25, 0.3) is 0 Å². The lowest BCUT2D eigenvalue weighted by molar-refractivity contribution is -0.142. The fourth-order valence-corrected chi connectivity index (χ4v) is 6.32. The molecule has 4 rings (SSSR count). The van der Waals surface area contributed by atoms with Crippen LogP contribution in [0.5, 0.6) is 0 Å². The second-order valence-corrected chi connectivity index (χ2v) is 11.5. The Labute approximate surface area is 233 Å². The number of benzene rings is 2. The fourth-order valence-electron chi connectivity index (χ4n) is 4.64. The zero-order valence-corrected chi connectivity index (χ0v) is 22.8. The van der Waals surface area contributed by atoms with E-state index in [1.165, 1.54) is 12.1 Å². The van der Waals surface area contributed by atoms with E-state index in [4.69, 9.17) is 0 Å². The first-order valence-corrected chi connectivity index (χ1v) is 14.7. The lowest BCUT2D eigenvalue weighted by Gasteiger charge is -2.25. The summed E-state index contributed by atoms with van der Waals surface area (Å²) in [7, 11) is -3.90. The minimum atomic E-state index is -3.90. The number of nitrogens with one attached hydrogen (secondary N) is 4. The van der Waals surface area contributed by atoms with Crippen molar-refractivity contribution >= 4 is 39.5 Å². The standard InChI is InChI=1S/C27H34N6O6S/c34-24(9-4-14-28-27-29-15-16-30-27)31-20-12-10-19(11-13-20)18-22(26(36)37)32-25(35)23-8-5-17-33(23)40(38,39)21-6-2-1-3-7-21/h1-3,6-7,10-13,22-23H,4-5,8-9,14-18H2,(H,31,34)(H,32,35)(H,36,37)(H2,28,29,30). The molecule has 2 aliphatic rings. The van der Waals surface area contributed by atoms with Crippen molar-refractivity contribution in [1.82, 2.24) is 20.3 Å². The number of carboxylic acids is 1. The zero-order valence-electron chi connectivity index (χ0n) is 22.0. The average molecular weight is 571 g/mol. The van der Waals surface area contributed by atoms with E-state index >= 15 is 0 Å². The highest BCUT2D eigenvalue weighted by atomic mass is 32.2. The number of aliphatic carboxylic acids is 1. The molecule has 5 N–H and O–H groups in total. The summed E-state index contributed by atoms with van der Waals surface area (Å²) in [5.74, 6) is -1.25. The van der Waals surface area contributed by atoms with E-state index in [1.807, 2.05) is 0 Å². The van der Waals surface area contributed by atoms with Crippen LogP contribution in [0.4, 0.5) is 5.69 Å². The van der Waals surface area contributed by atoms with Gasteiger partial charge in [-0.25, -0.2) is 13.2 Å². The predicted octanol–water partition coefficient (Wildman–Crippen LogP) is 0.919. The molecule has 2 unspecified atom stereocenters. The topological polar surface area (TPSA) is 169 Å². The first kappa shape index (κ1) is 29.0. The van der Waals surface area contributed by atoms with Crippen LogP contribution in [0.15, 0.2) is 64.5 Å². The predicted molar refractivity (Wildman–Crippen MR) is 149 cm³/mol. The number of sulfonamides is 1. The van der Waals surface area contributed by atoms with E-state index in [1.54, 1.807) is 42.5 Å². The van der Waals surface area contributed by atoms with Crippen molar-refractivity contribution in [2.75, 3.05) is 31.5 Å². The molecular formula is C27H34N6O6S. The van der Waals surface area contributed by atoms with E-state index in [9.17, 15) is 27.9 Å². The largest absolute Gasteiger partial charge is 0.480 e. The molecule has 0 saturated carbocycles. The van der Waals surface area contributed by atoms with Gasteiger partial charge >= 0.3 is 5.97 Å². The lowest BCUT2D eigenvalue weighted by atomic mass is 10.0. The summed E-state index contributed by atoms with van der Waals surface area (Å²) in [6.07, 6.45) is 1.76. The summed E-state index contributed by atoms with van der Waals surface area (Å²) in [5.41, 5.74) is 1.21. The van der Waals surface area contributed by atoms with Gasteiger partial charge in [-0.05, 0) is 49.1 Å². The minimum absolute atomic E-state index is 0.00293. The van der Waals surface area contributed by atoms with Crippen LogP contribution in [0.1, 0.15) is 31.2 Å². The molecule has 2 aromatic rings. The second kappa shape index (κ2) is 13.4. The van der Waals surface area contributed by atoms with Crippen LogP contribution in [0.2, 0.25) is 0 Å². The molecule has 0 aliphatic carbocycles. The summed E-state index contributed by atoms with van der Waals surface area (Å²) in [6.45, 7) is 2.37. The number of carboxylic acid groups (broad SMARTS) is 1. The lowest BCUT2D eigenvalue weighted by Crippen LogP contribution is -2.51. The molecule has 0 spiro atoms. The van der Waals surface area contributed by atoms with Gasteiger partial charge in [-0.2, -0.15) is 4.31 Å². The van der Waals surface area contributed by atoms with Crippen molar-refractivity contribution in [1.29, 1.82) is 0 Å². The Kier molecular flexibility index (Phi) is 9.72. The van der Waals surface area contributed by atoms with Crippen molar-refractivity contribution in [2.45, 2.75) is 49.1 Å². The first-order chi connectivity index (χ1) is 19.2. The van der Waals surface area contributed by atoms with Gasteiger partial charge in [0.05, 0.1) is 11.4 Å². The van der Waals surface area contributed by atoms with Crippen molar-refractivity contribution < 1.29 is 27.9 Å². The monoisotopic (exact) mass is 570 g/mol. The third kappa shape index (κ3) is 7.57. The molecule has 0 aromatic heterocycles. The molecule has 0 radical (unpaired) electrons. The molecule has 2 heterocycles. The van der Waals surface area contributed by atoms with Crippen molar-refractivity contribution in [3.8, 4) is 0 Å². The molecule has 1 saturated heterocycles. The van der Waals surface area contributed by atoms with Crippen molar-refractivity contribution in [3.63, 3.8) is 0 Å². The Morgan fingerprint density at radius 3 is 2.52 bits per heavy atom. The Balaban J connectivity index is 1.29. The highest BCUT2D eigenvalue weighted by Gasteiger charge is 2.40. The summed E-state index contributed by atoms with van der Waals surface area (Å²) in [5, 5.41) is 21.3. The maximum atomic E-state index is 13.1. The molecule has 2 amide bonds. The number of aliphatic imine (C=N–C) groups is 1. The number of nitrogens with zero attached hydrogens (tertiary/aromatic N) is 2. The number of carbonyl (C=O) groups is 3. The highest BCUT2D eigenvalue weighted by molar-refractivity contribution is 7.89. The maximum absolute atomic E-state index is 13.1. The van der Waals surface area contributed by atoms with Gasteiger partial charge in [0.2, 0.25) is 21.8 Å². The molecule has 0 bridgehead atoms. The van der Waals surface area contributed by atoms with Gasteiger partial charge in [-0.15, -0.1) is 0 Å². The van der Waals surface area contributed by atoms with Gasteiger partial charge in [0.15, 0.2) is 5.96 Å². The fraction of sp³-hybridized carbons (Fsp3) is 0.407. The van der Waals surface area contributed by atoms with E-state index in [0.717, 1.165) is 23.4 Å². The number of rotatable bonds is 12. The number of hydrogen-bond donors (Lipinski definition) is 5. The highest BCUT2D eigenvalue weighted by Crippen LogP contribution is 2.26. The molecule has 12 nitrogen and oxygen atoms in total. The van der Waals surface area contributed by atoms with E-state index in [0.29, 0.717) is 43.5 Å². The zero-order chi connectivity index (χ0) is 28.5. The SMILES string of the molecule is O=C(CCCNC1=NCCN1)Nc1ccc(CC(NC(=O)C2CCCN2S(=O)(=O)c2ccccc2)C(=O)O)cc1. The van der Waals surface area contributed by atoms with Crippen LogP contribution < -0.4 is 21.3 Å². The summed E-state index contributed by atoms with van der Waals surface area (Å²) < 4.78 is 27.3. The Morgan fingerprint density at radius 2 is 1.85 bits per heavy atom. The molecule has 214 valence electrons. The molecule has 1 fully saturated rings. The molecule has 13 heteroatoms. The van der Waals surface area contributed by atoms with Crippen LogP contribution in [-0.2, 0) is 30.8 Å². The van der Waals surface area contributed by atoms with E-state index in [2.05, 4.69) is 26.3 Å². The van der Waals surface area contributed by atoms with Crippen LogP contribution in [0.25, 0.3) is 0 Å². The average Bonchev–Trinajstić information content (AvgIpc) is 3.65. The number of carbonyl (C=O) groups excluding carboxylic acids is 2. The summed E-state index contributed by atoms with van der Waals surface area (Å²) in [4.78, 5) is 41.6. The normalized spacial score (nSPS) is 17.9. The van der Waals surface area contributed by atoms with E-state index in [-0.39, 0.29) is 23.8 Å². The Morgan fingerprint density at radius 1 is 1.10 bits per heavy atom. The minimum Gasteiger partial charge on any atom is -0.480 e. The molecule has 2 aromatic carbocycles. The number of amides is 2. The van der Waals surface area contributed by atoms with Crippen LogP contribution >= 0.6 is 0 Å². The second-order valence-electron chi connectivity index (χ2n) is 9.62. The number of guanidine groups is 1. The molecule has 40 heavy (non-hydrogen) atoms. The Bertz CT molecular complexity index is 1330. The third-order valence-electron chi connectivity index (χ3n) is 6.70. The maximum Gasteiger partial charge on any atom is 0.326 e. The molecular weight excluding hydrogens is 536 g/mol. The number of anilines is 1. The Hall–Kier alpha value is -3.97. The van der Waals surface area contributed by atoms with Gasteiger partial charge < -0.3 is 26.4 Å². The van der Waals surface area contributed by atoms with Gasteiger partial charge in [-0.1, -0.05) is 30.3 Å². The van der Waals surface area contributed by atoms with Gasteiger partial charge in [0.1, 0.15) is 12.1 Å². The molecule has 2 aliphatic heterocycles. The van der Waals surface area contributed by atoms with E-state index < -0.39 is 34.0 Å². The van der Waals surface area contributed by atoms with Crippen molar-refractivity contribution in [3.05, 3.63) is 60.2 Å². The van der Waals surface area contributed by atoms with Crippen molar-refractivity contribution in [2.24, 2.45) is 4.99 Å². The number of hydrogen-bond acceptors (Lipinski definition) is 8. The van der Waals surface area contributed by atoms with Gasteiger partial charge in [0, 0.05) is 38.2 Å². The quantitative estimate of drug-likeness (QED) is 0.235. The van der Waals surface area contributed by atoms with Crippen LogP contribution in [0.3, 0.4) is 0 Å².